The first-order valence-electron chi connectivity index (χ1n) is 8.33. The molecule has 0 saturated heterocycles. The average Bonchev–Trinajstić information content (AvgIpc) is 2.99. The van der Waals surface area contributed by atoms with E-state index >= 15 is 0 Å². The van der Waals surface area contributed by atoms with Crippen molar-refractivity contribution in [3.8, 4) is 0 Å². The van der Waals surface area contributed by atoms with Gasteiger partial charge in [0.1, 0.15) is 16.2 Å². The quantitative estimate of drug-likeness (QED) is 0.654. The summed E-state index contributed by atoms with van der Waals surface area (Å²) in [6, 6.07) is 2.50. The first-order valence-corrected chi connectivity index (χ1v) is 10.1. The Morgan fingerprint density at radius 3 is 3.00 bits per heavy atom. The molecular formula is C17H23N3OS2. The Morgan fingerprint density at radius 1 is 1.39 bits per heavy atom. The number of aromatic nitrogens is 2. The summed E-state index contributed by atoms with van der Waals surface area (Å²) < 4.78 is 0. The Morgan fingerprint density at radius 2 is 2.22 bits per heavy atom. The number of carbonyl (C=O) groups excluding carboxylic acids is 1. The zero-order valence-corrected chi connectivity index (χ0v) is 15.3. The fourth-order valence-electron chi connectivity index (χ4n) is 3.09. The van der Waals surface area contributed by atoms with Crippen LogP contribution in [0.15, 0.2) is 17.4 Å². The van der Waals surface area contributed by atoms with Gasteiger partial charge in [0.2, 0.25) is 5.91 Å². The van der Waals surface area contributed by atoms with Gasteiger partial charge in [-0.05, 0) is 31.2 Å². The lowest BCUT2D eigenvalue weighted by molar-refractivity contribution is -0.119. The summed E-state index contributed by atoms with van der Waals surface area (Å²) in [5.41, 5.74) is 0. The summed E-state index contributed by atoms with van der Waals surface area (Å²) in [7, 11) is 0. The van der Waals surface area contributed by atoms with E-state index in [2.05, 4.69) is 35.2 Å². The summed E-state index contributed by atoms with van der Waals surface area (Å²) in [5, 5.41) is 5.20. The van der Waals surface area contributed by atoms with Crippen LogP contribution in [-0.2, 0) is 11.2 Å². The maximum absolute atomic E-state index is 12.3. The van der Waals surface area contributed by atoms with Crippen LogP contribution in [0.1, 0.15) is 44.4 Å². The summed E-state index contributed by atoms with van der Waals surface area (Å²) in [6.07, 6.45) is 7.45. The highest BCUT2D eigenvalue weighted by Gasteiger charge is 2.22. The smallest absolute Gasteiger partial charge is 0.230 e. The molecule has 0 aliphatic heterocycles. The molecule has 6 heteroatoms. The lowest BCUT2D eigenvalue weighted by Gasteiger charge is -2.29. The molecule has 3 rings (SSSR count). The molecule has 1 fully saturated rings. The van der Waals surface area contributed by atoms with E-state index in [0.717, 1.165) is 28.1 Å². The van der Waals surface area contributed by atoms with Crippen molar-refractivity contribution in [1.29, 1.82) is 0 Å². The molecule has 0 spiro atoms. The monoisotopic (exact) mass is 349 g/mol. The second-order valence-electron chi connectivity index (χ2n) is 6.19. The Kier molecular flexibility index (Phi) is 5.54. The minimum Gasteiger partial charge on any atom is -0.352 e. The standard InChI is InChI=1S/C17H23N3OS2/c1-3-12-8-13-16(18-10-19-17(13)23-12)22-9-15(21)20-14-7-5-4-6-11(14)2/h8,10-11,14H,3-7,9H2,1-2H3,(H,20,21). The number of nitrogens with zero attached hydrogens (tertiary/aromatic N) is 2. The maximum Gasteiger partial charge on any atom is 0.230 e. The molecule has 2 aromatic rings. The van der Waals surface area contributed by atoms with Crippen LogP contribution >= 0.6 is 23.1 Å². The molecule has 1 amide bonds. The first-order chi connectivity index (χ1) is 11.2. The van der Waals surface area contributed by atoms with Gasteiger partial charge in [0, 0.05) is 16.3 Å². The van der Waals surface area contributed by atoms with Crippen LogP contribution in [0.4, 0.5) is 0 Å². The number of aryl methyl sites for hydroxylation is 1. The zero-order chi connectivity index (χ0) is 16.2. The summed E-state index contributed by atoms with van der Waals surface area (Å²) >= 11 is 3.22. The fourth-order valence-corrected chi connectivity index (χ4v) is 4.87. The molecule has 1 N–H and O–H groups in total. The lowest BCUT2D eigenvalue weighted by Crippen LogP contribution is -2.41. The summed E-state index contributed by atoms with van der Waals surface area (Å²) in [5.74, 6) is 1.13. The number of fused-ring (bicyclic) bond motifs is 1. The van der Waals surface area contributed by atoms with Crippen LogP contribution in [0.2, 0.25) is 0 Å². The molecule has 2 heterocycles. The average molecular weight is 350 g/mol. The van der Waals surface area contributed by atoms with Gasteiger partial charge in [0.25, 0.3) is 0 Å². The van der Waals surface area contributed by atoms with Gasteiger partial charge in [-0.2, -0.15) is 0 Å². The third kappa shape index (κ3) is 4.04. The topological polar surface area (TPSA) is 54.9 Å². The van der Waals surface area contributed by atoms with E-state index in [1.807, 2.05) is 0 Å². The van der Waals surface area contributed by atoms with Crippen molar-refractivity contribution in [3.05, 3.63) is 17.3 Å². The molecule has 0 radical (unpaired) electrons. The van der Waals surface area contributed by atoms with Gasteiger partial charge < -0.3 is 5.32 Å². The van der Waals surface area contributed by atoms with Crippen molar-refractivity contribution < 1.29 is 4.79 Å². The van der Waals surface area contributed by atoms with Crippen LogP contribution in [0, 0.1) is 5.92 Å². The molecule has 23 heavy (non-hydrogen) atoms. The molecule has 4 nitrogen and oxygen atoms in total. The van der Waals surface area contributed by atoms with Crippen molar-refractivity contribution >= 4 is 39.2 Å². The normalized spacial score (nSPS) is 21.5. The van der Waals surface area contributed by atoms with Crippen molar-refractivity contribution in [2.75, 3.05) is 5.75 Å². The number of thioether (sulfide) groups is 1. The second-order valence-corrected chi connectivity index (χ2v) is 8.27. The molecule has 2 atom stereocenters. The Labute approximate surface area is 145 Å². The number of amides is 1. The molecule has 1 aliphatic carbocycles. The molecule has 124 valence electrons. The second kappa shape index (κ2) is 7.62. The van der Waals surface area contributed by atoms with Gasteiger partial charge in [-0.15, -0.1) is 11.3 Å². The third-order valence-corrected chi connectivity index (χ3v) is 6.68. The minimum absolute atomic E-state index is 0.117. The molecule has 2 unspecified atom stereocenters. The Balaban J connectivity index is 1.61. The number of rotatable bonds is 5. The zero-order valence-electron chi connectivity index (χ0n) is 13.7. The predicted molar refractivity (Wildman–Crippen MR) is 97.1 cm³/mol. The van der Waals surface area contributed by atoms with Crippen molar-refractivity contribution in [2.45, 2.75) is 57.0 Å². The van der Waals surface area contributed by atoms with E-state index in [4.69, 9.17) is 0 Å². The van der Waals surface area contributed by atoms with E-state index in [-0.39, 0.29) is 5.91 Å². The SMILES string of the molecule is CCc1cc2c(SCC(=O)NC3CCCCC3C)ncnc2s1. The number of carbonyl (C=O) groups is 1. The highest BCUT2D eigenvalue weighted by atomic mass is 32.2. The van der Waals surface area contributed by atoms with Gasteiger partial charge >= 0.3 is 0 Å². The number of hydrogen-bond acceptors (Lipinski definition) is 5. The molecular weight excluding hydrogens is 326 g/mol. The van der Waals surface area contributed by atoms with Crippen LogP contribution in [0.3, 0.4) is 0 Å². The van der Waals surface area contributed by atoms with Gasteiger partial charge in [-0.3, -0.25) is 4.79 Å². The number of hydrogen-bond donors (Lipinski definition) is 1. The third-order valence-electron chi connectivity index (χ3n) is 4.49. The van der Waals surface area contributed by atoms with Crippen molar-refractivity contribution in [1.82, 2.24) is 15.3 Å². The molecule has 2 aromatic heterocycles. The van der Waals surface area contributed by atoms with Crippen LogP contribution < -0.4 is 5.32 Å². The molecule has 1 aliphatic rings. The van der Waals surface area contributed by atoms with Gasteiger partial charge in [0.15, 0.2) is 0 Å². The van der Waals surface area contributed by atoms with Crippen LogP contribution in [0.5, 0.6) is 0 Å². The van der Waals surface area contributed by atoms with Gasteiger partial charge in [-0.25, -0.2) is 9.97 Å². The molecule has 1 saturated carbocycles. The maximum atomic E-state index is 12.3. The van der Waals surface area contributed by atoms with E-state index in [1.165, 1.54) is 35.9 Å². The van der Waals surface area contributed by atoms with E-state index in [0.29, 0.717) is 17.7 Å². The number of thiophene rings is 1. The summed E-state index contributed by atoms with van der Waals surface area (Å²) in [4.78, 5) is 23.3. The Hall–Kier alpha value is -1.14. The van der Waals surface area contributed by atoms with Crippen LogP contribution in [-0.4, -0.2) is 27.7 Å². The van der Waals surface area contributed by atoms with E-state index < -0.39 is 0 Å². The largest absolute Gasteiger partial charge is 0.352 e. The minimum atomic E-state index is 0.117. The molecule has 0 bridgehead atoms. The van der Waals surface area contributed by atoms with E-state index in [9.17, 15) is 4.79 Å². The van der Waals surface area contributed by atoms with Gasteiger partial charge in [-0.1, -0.05) is 38.5 Å². The number of nitrogens with one attached hydrogen (secondary N) is 1. The highest BCUT2D eigenvalue weighted by Crippen LogP contribution is 2.31. The summed E-state index contributed by atoms with van der Waals surface area (Å²) in [6.45, 7) is 4.38. The lowest BCUT2D eigenvalue weighted by atomic mass is 9.86. The van der Waals surface area contributed by atoms with Crippen LogP contribution in [0.25, 0.3) is 10.2 Å². The van der Waals surface area contributed by atoms with E-state index in [1.54, 1.807) is 17.7 Å². The predicted octanol–water partition coefficient (Wildman–Crippen LogP) is 4.04. The Bertz CT molecular complexity index is 686. The van der Waals surface area contributed by atoms with Gasteiger partial charge in [0.05, 0.1) is 5.75 Å². The molecule has 0 aromatic carbocycles. The highest BCUT2D eigenvalue weighted by molar-refractivity contribution is 8.00. The van der Waals surface area contributed by atoms with Crippen molar-refractivity contribution in [3.63, 3.8) is 0 Å². The van der Waals surface area contributed by atoms with Crippen molar-refractivity contribution in [2.24, 2.45) is 5.92 Å². The fraction of sp³-hybridized carbons (Fsp3) is 0.588. The first kappa shape index (κ1) is 16.7.